The molecule has 2 nitrogen and oxygen atoms in total. The van der Waals surface area contributed by atoms with Crippen LogP contribution < -0.4 is 9.50 Å². The first-order valence-corrected chi connectivity index (χ1v) is 4.50. The molecule has 0 spiro atoms. The van der Waals surface area contributed by atoms with Gasteiger partial charge in [-0.3, -0.25) is 0 Å². The third-order valence-electron chi connectivity index (χ3n) is 1.65. The molecule has 0 saturated heterocycles. The summed E-state index contributed by atoms with van der Waals surface area (Å²) in [5, 5.41) is 2.75. The molecule has 0 radical (unpaired) electrons. The van der Waals surface area contributed by atoms with Crippen LogP contribution in [0.25, 0.3) is 0 Å². The molecule has 0 aliphatic carbocycles. The zero-order chi connectivity index (χ0) is 10.3. The van der Waals surface area contributed by atoms with Crippen LogP contribution in [0.4, 0.5) is 0 Å². The highest BCUT2D eigenvalue weighted by molar-refractivity contribution is 7.75. The highest BCUT2D eigenvalue weighted by Crippen LogP contribution is 2.20. The van der Waals surface area contributed by atoms with Gasteiger partial charge in [0.25, 0.3) is 0 Å². The molecule has 0 aromatic heterocycles. The monoisotopic (exact) mass is 199 g/mol. The Labute approximate surface area is 85.9 Å². The van der Waals surface area contributed by atoms with Crippen molar-refractivity contribution in [2.24, 2.45) is 0 Å². The number of aryl methyl sites for hydroxylation is 1. The van der Waals surface area contributed by atoms with E-state index in [1.165, 1.54) is 5.56 Å². The van der Waals surface area contributed by atoms with Crippen LogP contribution in [0.5, 0.6) is 5.75 Å². The van der Waals surface area contributed by atoms with Gasteiger partial charge < -0.3 is 9.50 Å². The molecule has 3 heteroatoms. The van der Waals surface area contributed by atoms with Crippen LogP contribution in [-0.2, 0) is 0 Å². The summed E-state index contributed by atoms with van der Waals surface area (Å²) >= 11 is 3.73. The van der Waals surface area contributed by atoms with Crippen LogP contribution in [0.15, 0.2) is 18.2 Å². The molecule has 0 aliphatic heterocycles. The zero-order valence-electron chi connectivity index (χ0n) is 8.59. The van der Waals surface area contributed by atoms with Crippen molar-refractivity contribution in [3.8, 4) is 5.75 Å². The summed E-state index contributed by atoms with van der Waals surface area (Å²) in [6.07, 6.45) is 0. The van der Waals surface area contributed by atoms with Gasteiger partial charge in [-0.15, -0.1) is 0 Å². The second-order valence-electron chi connectivity index (χ2n) is 2.79. The minimum Gasteiger partial charge on any atom is -0.429 e. The lowest BCUT2D eigenvalue weighted by atomic mass is 10.1. The fourth-order valence-electron chi connectivity index (χ4n) is 0.823. The van der Waals surface area contributed by atoms with Crippen molar-refractivity contribution in [3.05, 3.63) is 29.3 Å². The van der Waals surface area contributed by atoms with Crippen molar-refractivity contribution >= 4 is 12.9 Å². The Bertz CT molecular complexity index is 251. The first-order valence-electron chi connectivity index (χ1n) is 4.13. The van der Waals surface area contributed by atoms with Crippen LogP contribution in [0.2, 0.25) is 0 Å². The van der Waals surface area contributed by atoms with E-state index in [1.807, 2.05) is 46.1 Å². The fraction of sp³-hybridized carbons (Fsp3) is 0.400. The summed E-state index contributed by atoms with van der Waals surface area (Å²) in [4.78, 5) is 0. The number of hydrogen-bond acceptors (Lipinski definition) is 3. The second-order valence-corrected chi connectivity index (χ2v) is 2.97. The van der Waals surface area contributed by atoms with E-state index in [9.17, 15) is 0 Å². The summed E-state index contributed by atoms with van der Waals surface area (Å²) in [5.41, 5.74) is 2.38. The molecule has 1 aromatic carbocycles. The van der Waals surface area contributed by atoms with E-state index in [2.05, 4.69) is 18.2 Å². The van der Waals surface area contributed by atoms with Crippen molar-refractivity contribution in [1.82, 2.24) is 5.32 Å². The normalized spacial score (nSPS) is 8.69. The Morgan fingerprint density at radius 3 is 2.15 bits per heavy atom. The van der Waals surface area contributed by atoms with Crippen molar-refractivity contribution < 1.29 is 4.18 Å². The Balaban J connectivity index is 0.000000424. The maximum atomic E-state index is 4.82. The van der Waals surface area contributed by atoms with Crippen LogP contribution >= 0.6 is 12.9 Å². The van der Waals surface area contributed by atoms with Gasteiger partial charge in [-0.1, -0.05) is 12.1 Å². The maximum Gasteiger partial charge on any atom is 0.140 e. The lowest BCUT2D eigenvalue weighted by Gasteiger charge is -2.03. The Morgan fingerprint density at radius 1 is 1.23 bits per heavy atom. The van der Waals surface area contributed by atoms with E-state index in [4.69, 9.17) is 4.18 Å². The number of benzene rings is 1. The number of nitrogens with one attached hydrogen (secondary N) is 1. The summed E-state index contributed by atoms with van der Waals surface area (Å²) in [6, 6.07) is 5.90. The molecule has 74 valence electrons. The summed E-state index contributed by atoms with van der Waals surface area (Å²) < 4.78 is 4.82. The molecular formula is C10H17NOS. The third-order valence-corrected chi connectivity index (χ3v) is 1.85. The van der Waals surface area contributed by atoms with E-state index in [0.717, 1.165) is 11.3 Å². The molecule has 13 heavy (non-hydrogen) atoms. The van der Waals surface area contributed by atoms with E-state index in [1.54, 1.807) is 0 Å². The van der Waals surface area contributed by atoms with E-state index in [-0.39, 0.29) is 0 Å². The fourth-order valence-corrected chi connectivity index (χ4v) is 1.02. The molecule has 0 fully saturated rings. The van der Waals surface area contributed by atoms with Crippen LogP contribution in [0.3, 0.4) is 0 Å². The van der Waals surface area contributed by atoms with Gasteiger partial charge in [0.2, 0.25) is 0 Å². The predicted molar refractivity (Wildman–Crippen MR) is 60.5 cm³/mol. The Kier molecular flexibility index (Phi) is 6.45. The zero-order valence-corrected chi connectivity index (χ0v) is 9.48. The number of rotatable bonds is 1. The Hall–Kier alpha value is -0.670. The average molecular weight is 199 g/mol. The van der Waals surface area contributed by atoms with E-state index < -0.39 is 0 Å². The molecule has 0 atom stereocenters. The molecule has 0 amide bonds. The van der Waals surface area contributed by atoms with Gasteiger partial charge in [0, 0.05) is 12.9 Å². The van der Waals surface area contributed by atoms with Crippen LogP contribution in [0, 0.1) is 13.8 Å². The van der Waals surface area contributed by atoms with Gasteiger partial charge in [-0.05, 0) is 45.1 Å². The molecule has 1 aromatic rings. The number of thiol groups is 1. The molecule has 0 saturated carbocycles. The molecule has 0 heterocycles. The molecular weight excluding hydrogens is 182 g/mol. The molecule has 0 bridgehead atoms. The van der Waals surface area contributed by atoms with Crippen molar-refractivity contribution in [3.63, 3.8) is 0 Å². The highest BCUT2D eigenvalue weighted by atomic mass is 32.1. The summed E-state index contributed by atoms with van der Waals surface area (Å²) in [7, 11) is 3.75. The lowest BCUT2D eigenvalue weighted by molar-refractivity contribution is 0.651. The summed E-state index contributed by atoms with van der Waals surface area (Å²) in [5.74, 6) is 0.836. The predicted octanol–water partition coefficient (Wildman–Crippen LogP) is 2.36. The van der Waals surface area contributed by atoms with Gasteiger partial charge in [0.1, 0.15) is 5.75 Å². The van der Waals surface area contributed by atoms with Gasteiger partial charge >= 0.3 is 0 Å². The lowest BCUT2D eigenvalue weighted by Crippen LogP contribution is -1.89. The minimum atomic E-state index is 0.836. The van der Waals surface area contributed by atoms with E-state index in [0.29, 0.717) is 0 Å². The van der Waals surface area contributed by atoms with E-state index >= 15 is 0 Å². The average Bonchev–Trinajstić information content (AvgIpc) is 2.11. The van der Waals surface area contributed by atoms with Gasteiger partial charge in [-0.2, -0.15) is 0 Å². The topological polar surface area (TPSA) is 21.3 Å². The Morgan fingerprint density at radius 2 is 1.77 bits per heavy atom. The largest absolute Gasteiger partial charge is 0.429 e. The second kappa shape index (κ2) is 6.80. The molecule has 0 unspecified atom stereocenters. The first kappa shape index (κ1) is 12.3. The summed E-state index contributed by atoms with van der Waals surface area (Å²) in [6.45, 7) is 4.06. The minimum absolute atomic E-state index is 0.836. The number of hydrogen-bond donors (Lipinski definition) is 2. The van der Waals surface area contributed by atoms with Crippen molar-refractivity contribution in [2.75, 3.05) is 14.1 Å². The first-order chi connectivity index (χ1) is 6.17. The standard InChI is InChI=1S/C8H10OS.C2H7N/c1-6-4-3-5-8(9-10)7(6)2;1-3-2/h3-5,10H,1-2H3;3H,1-2H3. The molecule has 1 rings (SSSR count). The van der Waals surface area contributed by atoms with Crippen molar-refractivity contribution in [2.45, 2.75) is 13.8 Å². The third kappa shape index (κ3) is 4.20. The van der Waals surface area contributed by atoms with Crippen LogP contribution in [0.1, 0.15) is 11.1 Å². The molecule has 1 N–H and O–H groups in total. The quantitative estimate of drug-likeness (QED) is 0.535. The van der Waals surface area contributed by atoms with Gasteiger partial charge in [0.15, 0.2) is 0 Å². The van der Waals surface area contributed by atoms with Gasteiger partial charge in [0.05, 0.1) is 0 Å². The van der Waals surface area contributed by atoms with Gasteiger partial charge in [-0.25, -0.2) is 0 Å². The SMILES string of the molecule is CNC.Cc1cccc(OS)c1C. The molecule has 0 aliphatic rings. The maximum absolute atomic E-state index is 4.82. The van der Waals surface area contributed by atoms with Crippen molar-refractivity contribution in [1.29, 1.82) is 0 Å². The van der Waals surface area contributed by atoms with Crippen LogP contribution in [-0.4, -0.2) is 14.1 Å². The smallest absolute Gasteiger partial charge is 0.140 e. The highest BCUT2D eigenvalue weighted by Gasteiger charge is 1.98.